The number of carbonyl (C=O) groups is 2. The lowest BCUT2D eigenvalue weighted by Crippen LogP contribution is -2.15. The molecule has 3 heteroatoms. The molecule has 1 aromatic heterocycles. The molecule has 3 nitrogen and oxygen atoms in total. The minimum Gasteiger partial charge on any atom is -0.464 e. The molecular weight excluding hydrogens is 228 g/mol. The topological polar surface area (TPSA) is 47.3 Å². The van der Waals surface area contributed by atoms with E-state index in [1.54, 1.807) is 6.07 Å². The van der Waals surface area contributed by atoms with Gasteiger partial charge in [-0.05, 0) is 36.5 Å². The van der Waals surface area contributed by atoms with Gasteiger partial charge in [-0.15, -0.1) is 0 Å². The molecule has 1 aliphatic carbocycles. The molecule has 1 atom stereocenters. The maximum absolute atomic E-state index is 12.0. The fourth-order valence-electron chi connectivity index (χ4n) is 3.02. The van der Waals surface area contributed by atoms with Crippen molar-refractivity contribution in [2.75, 3.05) is 0 Å². The quantitative estimate of drug-likeness (QED) is 0.717. The number of aryl methyl sites for hydroxylation is 1. The van der Waals surface area contributed by atoms with Crippen LogP contribution >= 0.6 is 0 Å². The van der Waals surface area contributed by atoms with Gasteiger partial charge in [-0.3, -0.25) is 9.59 Å². The zero-order valence-electron chi connectivity index (χ0n) is 10.4. The van der Waals surface area contributed by atoms with Crippen LogP contribution in [0.4, 0.5) is 0 Å². The van der Waals surface area contributed by atoms with E-state index >= 15 is 0 Å². The van der Waals surface area contributed by atoms with Gasteiger partial charge in [0.05, 0.1) is 5.56 Å². The first-order valence-electron chi connectivity index (χ1n) is 6.16. The van der Waals surface area contributed by atoms with Crippen LogP contribution < -0.4 is 0 Å². The number of rotatable bonds is 1. The lowest BCUT2D eigenvalue weighted by molar-refractivity contribution is 0.0967. The highest BCUT2D eigenvalue weighted by Gasteiger charge is 2.27. The number of aldehydes is 1. The van der Waals surface area contributed by atoms with Crippen molar-refractivity contribution in [2.45, 2.75) is 32.6 Å². The first-order valence-corrected chi connectivity index (χ1v) is 6.16. The highest BCUT2D eigenvalue weighted by atomic mass is 16.3. The standard InChI is InChI=1S/C15H14O3/c1-8-3-4-12(17)11-5-13-15(9(2)14(8)11)10(6-16)7-18-13/h5-8H,3-4H2,1-2H3. The van der Waals surface area contributed by atoms with E-state index in [1.807, 2.05) is 6.92 Å². The van der Waals surface area contributed by atoms with Gasteiger partial charge in [0, 0.05) is 17.4 Å². The summed E-state index contributed by atoms with van der Waals surface area (Å²) in [6, 6.07) is 1.79. The van der Waals surface area contributed by atoms with E-state index < -0.39 is 0 Å². The highest BCUT2D eigenvalue weighted by molar-refractivity contribution is 6.06. The molecule has 0 amide bonds. The summed E-state index contributed by atoms with van der Waals surface area (Å²) in [5.74, 6) is 0.536. The van der Waals surface area contributed by atoms with E-state index in [9.17, 15) is 9.59 Å². The van der Waals surface area contributed by atoms with Crippen molar-refractivity contribution in [2.24, 2.45) is 0 Å². The molecule has 92 valence electrons. The lowest BCUT2D eigenvalue weighted by Gasteiger charge is -2.23. The van der Waals surface area contributed by atoms with Gasteiger partial charge in [0.2, 0.25) is 0 Å². The minimum atomic E-state index is 0.178. The Morgan fingerprint density at radius 3 is 2.94 bits per heavy atom. The average Bonchev–Trinajstić information content (AvgIpc) is 2.77. The van der Waals surface area contributed by atoms with Crippen LogP contribution in [0.1, 0.15) is 57.5 Å². The predicted molar refractivity (Wildman–Crippen MR) is 68.3 cm³/mol. The van der Waals surface area contributed by atoms with Gasteiger partial charge in [-0.25, -0.2) is 0 Å². The number of hydrogen-bond donors (Lipinski definition) is 0. The molecule has 0 bridgehead atoms. The van der Waals surface area contributed by atoms with Crippen molar-refractivity contribution in [1.82, 2.24) is 0 Å². The number of hydrogen-bond acceptors (Lipinski definition) is 3. The summed E-state index contributed by atoms with van der Waals surface area (Å²) in [5.41, 5.74) is 4.07. The van der Waals surface area contributed by atoms with Gasteiger partial charge in [0.15, 0.2) is 12.1 Å². The van der Waals surface area contributed by atoms with Crippen LogP contribution in [-0.2, 0) is 0 Å². The zero-order valence-corrected chi connectivity index (χ0v) is 10.4. The molecule has 3 rings (SSSR count). The summed E-state index contributed by atoms with van der Waals surface area (Å²) in [6.45, 7) is 4.10. The van der Waals surface area contributed by atoms with E-state index in [0.717, 1.165) is 34.8 Å². The molecule has 0 spiro atoms. The summed E-state index contributed by atoms with van der Waals surface area (Å²) in [4.78, 5) is 23.0. The van der Waals surface area contributed by atoms with Crippen molar-refractivity contribution in [3.05, 3.63) is 34.6 Å². The van der Waals surface area contributed by atoms with Crippen molar-refractivity contribution >= 4 is 23.0 Å². The second kappa shape index (κ2) is 3.80. The third-order valence-corrected chi connectivity index (χ3v) is 3.92. The largest absolute Gasteiger partial charge is 0.464 e. The number of ketones is 1. The van der Waals surface area contributed by atoms with Gasteiger partial charge in [-0.1, -0.05) is 6.92 Å². The molecule has 0 saturated carbocycles. The van der Waals surface area contributed by atoms with Crippen LogP contribution in [0.15, 0.2) is 16.7 Å². The van der Waals surface area contributed by atoms with Crippen molar-refractivity contribution in [1.29, 1.82) is 0 Å². The van der Waals surface area contributed by atoms with E-state index in [-0.39, 0.29) is 5.78 Å². The molecular formula is C15H14O3. The van der Waals surface area contributed by atoms with Gasteiger partial charge in [0.25, 0.3) is 0 Å². The maximum atomic E-state index is 12.0. The molecule has 0 aliphatic heterocycles. The van der Waals surface area contributed by atoms with Crippen LogP contribution in [0.3, 0.4) is 0 Å². The van der Waals surface area contributed by atoms with Crippen LogP contribution in [0.2, 0.25) is 0 Å². The molecule has 1 heterocycles. The molecule has 0 fully saturated rings. The first kappa shape index (κ1) is 11.2. The fourth-order valence-corrected chi connectivity index (χ4v) is 3.02. The number of Topliss-reactive ketones (excluding diaryl/α,β-unsaturated/α-hetero) is 1. The lowest BCUT2D eigenvalue weighted by atomic mass is 9.79. The van der Waals surface area contributed by atoms with Crippen LogP contribution in [0.25, 0.3) is 11.0 Å². The van der Waals surface area contributed by atoms with E-state index in [0.29, 0.717) is 23.5 Å². The van der Waals surface area contributed by atoms with Gasteiger partial charge in [-0.2, -0.15) is 0 Å². The Bertz CT molecular complexity index is 664. The molecule has 0 saturated heterocycles. The zero-order chi connectivity index (χ0) is 12.9. The van der Waals surface area contributed by atoms with E-state index in [2.05, 4.69) is 6.92 Å². The van der Waals surface area contributed by atoms with Crippen LogP contribution in [0.5, 0.6) is 0 Å². The van der Waals surface area contributed by atoms with Crippen LogP contribution in [0, 0.1) is 6.92 Å². The van der Waals surface area contributed by atoms with Gasteiger partial charge in [0.1, 0.15) is 11.8 Å². The third kappa shape index (κ3) is 1.37. The fraction of sp³-hybridized carbons (Fsp3) is 0.333. The summed E-state index contributed by atoms with van der Waals surface area (Å²) >= 11 is 0. The van der Waals surface area contributed by atoms with Crippen molar-refractivity contribution in [3.63, 3.8) is 0 Å². The Kier molecular flexibility index (Phi) is 2.37. The second-order valence-corrected chi connectivity index (χ2v) is 5.01. The monoisotopic (exact) mass is 242 g/mol. The van der Waals surface area contributed by atoms with Crippen LogP contribution in [-0.4, -0.2) is 12.1 Å². The molecule has 18 heavy (non-hydrogen) atoms. The second-order valence-electron chi connectivity index (χ2n) is 5.01. The molecule has 1 aromatic carbocycles. The third-order valence-electron chi connectivity index (χ3n) is 3.92. The molecule has 0 N–H and O–H groups in total. The Labute approximate surface area is 105 Å². The summed E-state index contributed by atoms with van der Waals surface area (Å²) in [6.07, 6.45) is 3.75. The number of benzene rings is 1. The smallest absolute Gasteiger partial charge is 0.163 e. The molecule has 2 aromatic rings. The predicted octanol–water partition coefficient (Wildman–Crippen LogP) is 3.63. The number of carbonyl (C=O) groups excluding carboxylic acids is 2. The van der Waals surface area contributed by atoms with Crippen molar-refractivity contribution in [3.8, 4) is 0 Å². The highest BCUT2D eigenvalue weighted by Crippen LogP contribution is 2.38. The normalized spacial score (nSPS) is 19.0. The molecule has 1 unspecified atom stereocenters. The maximum Gasteiger partial charge on any atom is 0.163 e. The number of fused-ring (bicyclic) bond motifs is 2. The summed E-state index contributed by atoms with van der Waals surface area (Å²) < 4.78 is 5.39. The Morgan fingerprint density at radius 1 is 1.44 bits per heavy atom. The van der Waals surface area contributed by atoms with E-state index in [1.165, 1.54) is 6.26 Å². The molecule has 0 radical (unpaired) electrons. The van der Waals surface area contributed by atoms with E-state index in [4.69, 9.17) is 4.42 Å². The Hall–Kier alpha value is -1.90. The Balaban J connectivity index is 2.42. The van der Waals surface area contributed by atoms with Gasteiger partial charge >= 0.3 is 0 Å². The molecule has 1 aliphatic rings. The minimum absolute atomic E-state index is 0.178. The number of furan rings is 1. The average molecular weight is 242 g/mol. The Morgan fingerprint density at radius 2 is 2.22 bits per heavy atom. The first-order chi connectivity index (χ1) is 8.63. The van der Waals surface area contributed by atoms with Gasteiger partial charge < -0.3 is 4.42 Å². The summed E-state index contributed by atoms with van der Waals surface area (Å²) in [5, 5.41) is 0.852. The SMILES string of the molecule is Cc1c2c(cc3occ(C=O)c13)C(=O)CCC2C. The summed E-state index contributed by atoms with van der Waals surface area (Å²) in [7, 11) is 0. The van der Waals surface area contributed by atoms with Crippen molar-refractivity contribution < 1.29 is 14.0 Å².